The van der Waals surface area contributed by atoms with Gasteiger partial charge in [-0.3, -0.25) is 0 Å². The first kappa shape index (κ1) is 35.1. The molecule has 3 radical (unpaired) electrons. The molecule has 7 rings (SSSR count). The van der Waals surface area contributed by atoms with Crippen molar-refractivity contribution in [1.29, 1.82) is 0 Å². The summed E-state index contributed by atoms with van der Waals surface area (Å²) in [6, 6.07) is 40.5. The van der Waals surface area contributed by atoms with E-state index in [0.717, 1.165) is 15.9 Å². The van der Waals surface area contributed by atoms with Crippen molar-refractivity contribution >= 4 is 47.9 Å². The maximum atomic E-state index is 2.52. The third kappa shape index (κ3) is 6.84. The summed E-state index contributed by atoms with van der Waals surface area (Å²) in [6.07, 6.45) is 3.59. The Hall–Kier alpha value is -2.35. The quantitative estimate of drug-likeness (QED) is 0.175. The van der Waals surface area contributed by atoms with Gasteiger partial charge in [-0.15, -0.1) is 33.7 Å². The van der Waals surface area contributed by atoms with Crippen LogP contribution in [0.4, 0.5) is 0 Å². The number of rotatable bonds is 3. The molecule has 4 heteroatoms. The Morgan fingerprint density at radius 3 is 1.95 bits per heavy atom. The Kier molecular flexibility index (Phi) is 11.9. The third-order valence-electron chi connectivity index (χ3n) is 7.97. The second-order valence-corrected chi connectivity index (χ2v) is 13.3. The fourth-order valence-electron chi connectivity index (χ4n) is 6.55. The zero-order chi connectivity index (χ0) is 27.9. The topological polar surface area (TPSA) is 0 Å². The van der Waals surface area contributed by atoms with Crippen LogP contribution in [-0.2, 0) is 26.2 Å². The van der Waals surface area contributed by atoms with Crippen molar-refractivity contribution in [3.05, 3.63) is 131 Å². The van der Waals surface area contributed by atoms with Gasteiger partial charge in [-0.05, 0) is 44.9 Å². The molecule has 6 aromatic carbocycles. The predicted octanol–water partition coefficient (Wildman–Crippen LogP) is 5.29. The largest absolute Gasteiger partial charge is 3.00 e. The van der Waals surface area contributed by atoms with Crippen molar-refractivity contribution < 1.29 is 51.0 Å². The van der Waals surface area contributed by atoms with Gasteiger partial charge in [-0.2, -0.15) is 0 Å². The van der Waals surface area contributed by atoms with Crippen LogP contribution in [0.15, 0.2) is 115 Å². The van der Waals surface area contributed by atoms with Crippen molar-refractivity contribution in [2.45, 2.75) is 46.2 Å². The number of allylic oxidation sites excluding steroid dienone is 1. The van der Waals surface area contributed by atoms with Gasteiger partial charge in [0.15, 0.2) is 0 Å². The van der Waals surface area contributed by atoms with E-state index in [4.69, 9.17) is 0 Å². The summed E-state index contributed by atoms with van der Waals surface area (Å²) in [4.78, 5) is 0. The second kappa shape index (κ2) is 14.6. The number of halogens is 2. The zero-order valence-corrected chi connectivity index (χ0v) is 30.5. The molecule has 0 saturated heterocycles. The van der Waals surface area contributed by atoms with Crippen LogP contribution in [0.5, 0.6) is 0 Å². The Morgan fingerprint density at radius 2 is 1.21 bits per heavy atom. The molecule has 6 aromatic rings. The van der Waals surface area contributed by atoms with Gasteiger partial charge < -0.3 is 24.8 Å². The molecule has 0 heterocycles. The van der Waals surface area contributed by atoms with Crippen molar-refractivity contribution in [2.24, 2.45) is 5.41 Å². The molecule has 43 heavy (non-hydrogen) atoms. The van der Waals surface area contributed by atoms with Gasteiger partial charge in [0.25, 0.3) is 0 Å². The molecule has 1 unspecified atom stereocenters. The van der Waals surface area contributed by atoms with Gasteiger partial charge in [-0.1, -0.05) is 148 Å². The van der Waals surface area contributed by atoms with Gasteiger partial charge >= 0.3 is 26.2 Å². The Morgan fingerprint density at radius 1 is 0.651 bits per heavy atom. The van der Waals surface area contributed by atoms with Crippen LogP contribution in [0, 0.1) is 5.41 Å². The minimum Gasteiger partial charge on any atom is -1.00 e. The molecule has 215 valence electrons. The average molecular weight is 696 g/mol. The number of hydrogen-bond donors (Lipinski definition) is 0. The van der Waals surface area contributed by atoms with Gasteiger partial charge in [0.05, 0.1) is 0 Å². The standard InChI is InChI=1S/C37H31.C2H6Si.2ClH.Zr/c1-37(2,3)23-26-22-35-31(29-16-8-13-24-11-4-6-14-27(24)29)18-10-20-33(35)36(26)32-19-9-17-30-28-15-7-5-12-25(28)21-34(30)32;1-3-2;;;/h4-22,36H,23H2,1-3H3;1-2H3;2*1H;/q-1;;;;+3/p-2. The molecule has 0 spiro atoms. The predicted molar refractivity (Wildman–Crippen MR) is 178 cm³/mol. The average Bonchev–Trinajstić information content (AvgIpc) is 3.50. The summed E-state index contributed by atoms with van der Waals surface area (Å²) in [5, 5.41) is 8.03. The molecule has 0 saturated carbocycles. The van der Waals surface area contributed by atoms with Crippen LogP contribution in [0.1, 0.15) is 49.8 Å². The smallest absolute Gasteiger partial charge is 1.00 e. The third-order valence-corrected chi connectivity index (χ3v) is 7.97. The first-order valence-corrected chi connectivity index (χ1v) is 16.4. The fraction of sp³-hybridized carbons (Fsp3) is 0.205. The number of benzene rings is 5. The molecular weight excluding hydrogens is 659 g/mol. The van der Waals surface area contributed by atoms with E-state index < -0.39 is 0 Å². The molecule has 1 aliphatic carbocycles. The van der Waals surface area contributed by atoms with Crippen molar-refractivity contribution in [3.63, 3.8) is 0 Å². The van der Waals surface area contributed by atoms with E-state index in [2.05, 4.69) is 149 Å². The summed E-state index contributed by atoms with van der Waals surface area (Å²) in [5.41, 5.74) is 8.63. The van der Waals surface area contributed by atoms with Crippen LogP contribution < -0.4 is 24.8 Å². The van der Waals surface area contributed by atoms with Crippen molar-refractivity contribution in [3.8, 4) is 11.1 Å². The van der Waals surface area contributed by atoms with Crippen LogP contribution in [0.3, 0.4) is 0 Å². The SMILES string of the molecule is CC(C)(C)CC1=Cc2c(-c3cccc4ccccc34)cccc2C1c1cccc2c1[cH-]c1ccccc12.C[Si]C.[Cl-].[Cl-].[Zr+3]. The minimum atomic E-state index is 0. The normalized spacial score (nSPS) is 13.7. The second-order valence-electron chi connectivity index (χ2n) is 12.3. The maximum Gasteiger partial charge on any atom is 3.00 e. The summed E-state index contributed by atoms with van der Waals surface area (Å²) >= 11 is 0. The maximum absolute atomic E-state index is 2.52. The monoisotopic (exact) mass is 693 g/mol. The molecule has 0 amide bonds. The molecule has 1 aliphatic rings. The molecule has 0 fully saturated rings. The summed E-state index contributed by atoms with van der Waals surface area (Å²) in [5.74, 6) is 0.268. The molecular formula is C39H37Cl2SiZr. The van der Waals surface area contributed by atoms with Gasteiger partial charge in [-0.25, -0.2) is 0 Å². The van der Waals surface area contributed by atoms with Gasteiger partial charge in [0.1, 0.15) is 0 Å². The van der Waals surface area contributed by atoms with E-state index in [-0.39, 0.29) is 62.4 Å². The summed E-state index contributed by atoms with van der Waals surface area (Å²) in [6.45, 7) is 11.4. The van der Waals surface area contributed by atoms with Gasteiger partial charge in [0.2, 0.25) is 0 Å². The summed E-state index contributed by atoms with van der Waals surface area (Å²) < 4.78 is 0. The minimum absolute atomic E-state index is 0. The number of hydrogen-bond acceptors (Lipinski definition) is 0. The zero-order valence-electron chi connectivity index (χ0n) is 25.5. The van der Waals surface area contributed by atoms with Gasteiger partial charge in [0, 0.05) is 15.4 Å². The van der Waals surface area contributed by atoms with Crippen molar-refractivity contribution in [1.82, 2.24) is 0 Å². The van der Waals surface area contributed by atoms with E-state index in [1.54, 1.807) is 0 Å². The van der Waals surface area contributed by atoms with E-state index in [0.29, 0.717) is 0 Å². The first-order valence-electron chi connectivity index (χ1n) is 14.4. The van der Waals surface area contributed by atoms with Crippen LogP contribution in [0.25, 0.3) is 49.5 Å². The van der Waals surface area contributed by atoms with Crippen LogP contribution >= 0.6 is 0 Å². The summed E-state index contributed by atoms with van der Waals surface area (Å²) in [7, 11) is 1.08. The molecule has 0 bridgehead atoms. The molecule has 0 N–H and O–H groups in total. The molecule has 0 aromatic heterocycles. The fourth-order valence-corrected chi connectivity index (χ4v) is 6.55. The van der Waals surface area contributed by atoms with Crippen LogP contribution in [-0.4, -0.2) is 9.52 Å². The van der Waals surface area contributed by atoms with E-state index in [1.165, 1.54) is 65.7 Å². The van der Waals surface area contributed by atoms with Crippen molar-refractivity contribution in [2.75, 3.05) is 0 Å². The Balaban J connectivity index is 0.000000812. The first-order chi connectivity index (χ1) is 19.4. The van der Waals surface area contributed by atoms with E-state index in [9.17, 15) is 0 Å². The van der Waals surface area contributed by atoms with Crippen LogP contribution in [0.2, 0.25) is 13.1 Å². The number of fused-ring (bicyclic) bond motifs is 5. The molecule has 0 aliphatic heterocycles. The van der Waals surface area contributed by atoms with E-state index in [1.807, 2.05) is 0 Å². The Labute approximate surface area is 291 Å². The van der Waals surface area contributed by atoms with E-state index >= 15 is 0 Å². The molecule has 0 nitrogen and oxygen atoms in total. The molecule has 1 atom stereocenters. The Bertz CT molecular complexity index is 1870.